The first-order chi connectivity index (χ1) is 19.9. The third kappa shape index (κ3) is 7.87. The molecule has 0 aliphatic rings. The largest absolute Gasteiger partial charge is 0.496 e. The zero-order valence-corrected chi connectivity index (χ0v) is 23.9. The minimum atomic E-state index is -4.67. The Balaban J connectivity index is 1.96. The molecule has 0 bridgehead atoms. The number of amides is 1. The summed E-state index contributed by atoms with van der Waals surface area (Å²) in [6.07, 6.45) is -1.67. The lowest BCUT2D eigenvalue weighted by molar-refractivity contribution is -0.138. The second-order valence-electron chi connectivity index (χ2n) is 9.26. The van der Waals surface area contributed by atoms with Crippen LogP contribution in [0.4, 0.5) is 36.2 Å². The zero-order valence-electron chi connectivity index (χ0n) is 23.9. The van der Waals surface area contributed by atoms with E-state index in [2.05, 4.69) is 32.2 Å². The highest BCUT2D eigenvalue weighted by Gasteiger charge is 2.34. The number of alkyl halides is 3. The molecule has 0 fully saturated rings. The molecule has 0 saturated heterocycles. The maximum absolute atomic E-state index is 13.4. The molecule has 1 aromatic heterocycles. The fraction of sp³-hybridized carbons (Fsp3) is 0.286. The number of aromatic nitrogens is 2. The maximum Gasteiger partial charge on any atom is 0.420 e. The van der Waals surface area contributed by atoms with Gasteiger partial charge in [0.2, 0.25) is 5.95 Å². The minimum Gasteiger partial charge on any atom is -0.496 e. The summed E-state index contributed by atoms with van der Waals surface area (Å²) in [5, 5.41) is 5.41. The van der Waals surface area contributed by atoms with Crippen LogP contribution in [0.2, 0.25) is 0 Å². The third-order valence-electron chi connectivity index (χ3n) is 5.94. The molecule has 0 radical (unpaired) electrons. The summed E-state index contributed by atoms with van der Waals surface area (Å²) in [6.45, 7) is 5.09. The highest BCUT2D eigenvalue weighted by atomic mass is 19.4. The highest BCUT2D eigenvalue weighted by Crippen LogP contribution is 2.38. The monoisotopic (exact) mass is 586 g/mol. The van der Waals surface area contributed by atoms with Crippen LogP contribution in [-0.4, -0.2) is 75.1 Å². The van der Waals surface area contributed by atoms with Crippen LogP contribution in [-0.2, 0) is 6.18 Å². The number of hydrogen-bond acceptors (Lipinski definition) is 9. The quantitative estimate of drug-likeness (QED) is 0.209. The van der Waals surface area contributed by atoms with Crippen molar-refractivity contribution in [2.24, 2.45) is 10.7 Å². The van der Waals surface area contributed by atoms with Gasteiger partial charge in [-0.2, -0.15) is 13.2 Å². The molecule has 4 N–H and O–H groups in total. The topological polar surface area (TPSA) is 130 Å². The molecule has 0 atom stereocenters. The SMILES string of the molecule is C=CNc1cnc(N(C)CCN(C)C)nc1C(N)=Nc1cc(C(=O)Nc2ccc(OC)c(C(F)(F)F)c2)ccc1OC. The molecule has 0 aliphatic carbocycles. The smallest absolute Gasteiger partial charge is 0.420 e. The van der Waals surface area contributed by atoms with Crippen LogP contribution in [0.15, 0.2) is 60.4 Å². The molecule has 1 heterocycles. The molecule has 0 unspecified atom stereocenters. The number of nitrogens with one attached hydrogen (secondary N) is 2. The zero-order chi connectivity index (χ0) is 31.0. The van der Waals surface area contributed by atoms with Gasteiger partial charge in [-0.3, -0.25) is 4.79 Å². The summed E-state index contributed by atoms with van der Waals surface area (Å²) in [5.41, 5.74) is 6.33. The van der Waals surface area contributed by atoms with E-state index in [4.69, 9.17) is 15.2 Å². The van der Waals surface area contributed by atoms with E-state index in [1.807, 2.05) is 30.9 Å². The normalized spacial score (nSPS) is 11.7. The summed E-state index contributed by atoms with van der Waals surface area (Å²) < 4.78 is 50.5. The van der Waals surface area contributed by atoms with Gasteiger partial charge in [0.05, 0.1) is 31.7 Å². The van der Waals surface area contributed by atoms with Gasteiger partial charge in [-0.1, -0.05) is 6.58 Å². The summed E-state index contributed by atoms with van der Waals surface area (Å²) in [7, 11) is 8.33. The van der Waals surface area contributed by atoms with Gasteiger partial charge in [0.15, 0.2) is 5.84 Å². The Morgan fingerprint density at radius 3 is 2.40 bits per heavy atom. The highest BCUT2D eigenvalue weighted by molar-refractivity contribution is 6.06. The van der Waals surface area contributed by atoms with Gasteiger partial charge >= 0.3 is 6.18 Å². The van der Waals surface area contributed by atoms with Gasteiger partial charge in [0.25, 0.3) is 5.91 Å². The van der Waals surface area contributed by atoms with Crippen LogP contribution >= 0.6 is 0 Å². The minimum absolute atomic E-state index is 0.00941. The average Bonchev–Trinajstić information content (AvgIpc) is 2.95. The molecule has 11 nitrogen and oxygen atoms in total. The maximum atomic E-state index is 13.4. The van der Waals surface area contributed by atoms with Crippen molar-refractivity contribution in [1.29, 1.82) is 0 Å². The van der Waals surface area contributed by atoms with E-state index in [0.29, 0.717) is 23.9 Å². The number of likely N-dealkylation sites (N-methyl/N-ethyl adjacent to an activating group) is 2. The molecule has 0 aliphatic heterocycles. The summed E-state index contributed by atoms with van der Waals surface area (Å²) in [4.78, 5) is 30.3. The van der Waals surface area contributed by atoms with Crippen LogP contribution in [0.5, 0.6) is 11.5 Å². The van der Waals surface area contributed by atoms with Crippen molar-refractivity contribution in [1.82, 2.24) is 14.9 Å². The first kappa shape index (κ1) is 31.7. The number of nitrogens with two attached hydrogens (primary N) is 1. The van der Waals surface area contributed by atoms with Crippen LogP contribution in [0.25, 0.3) is 0 Å². The number of amidine groups is 1. The summed E-state index contributed by atoms with van der Waals surface area (Å²) in [5.74, 6) is -0.331. The Morgan fingerprint density at radius 2 is 1.79 bits per heavy atom. The lowest BCUT2D eigenvalue weighted by atomic mass is 10.1. The van der Waals surface area contributed by atoms with E-state index in [1.54, 1.807) is 6.20 Å². The molecular formula is C28H33F3N8O3. The molecule has 3 aromatic rings. The van der Waals surface area contributed by atoms with Crippen molar-refractivity contribution in [2.45, 2.75) is 6.18 Å². The molecule has 224 valence electrons. The predicted molar refractivity (Wildman–Crippen MR) is 157 cm³/mol. The number of hydrogen-bond donors (Lipinski definition) is 3. The van der Waals surface area contributed by atoms with E-state index in [-0.39, 0.29) is 34.2 Å². The molecule has 14 heteroatoms. The Hall–Kier alpha value is -4.85. The van der Waals surface area contributed by atoms with E-state index in [9.17, 15) is 18.0 Å². The van der Waals surface area contributed by atoms with Crippen molar-refractivity contribution < 1.29 is 27.4 Å². The number of rotatable bonds is 12. The van der Waals surface area contributed by atoms with Gasteiger partial charge in [0.1, 0.15) is 22.9 Å². The first-order valence-electron chi connectivity index (χ1n) is 12.6. The Labute approximate surface area is 241 Å². The van der Waals surface area contributed by atoms with E-state index in [1.165, 1.54) is 37.6 Å². The van der Waals surface area contributed by atoms with Crippen molar-refractivity contribution >= 4 is 34.8 Å². The number of aliphatic imine (C=N–C) groups is 1. The molecule has 2 aromatic carbocycles. The second-order valence-corrected chi connectivity index (χ2v) is 9.26. The van der Waals surface area contributed by atoms with Gasteiger partial charge in [-0.15, -0.1) is 0 Å². The van der Waals surface area contributed by atoms with Crippen molar-refractivity contribution in [2.75, 3.05) is 64.0 Å². The van der Waals surface area contributed by atoms with Gasteiger partial charge < -0.3 is 35.6 Å². The Kier molecular flexibility index (Phi) is 10.3. The number of benzene rings is 2. The molecular weight excluding hydrogens is 553 g/mol. The molecule has 1 amide bonds. The van der Waals surface area contributed by atoms with Crippen LogP contribution < -0.4 is 30.7 Å². The van der Waals surface area contributed by atoms with Gasteiger partial charge in [-0.05, 0) is 56.7 Å². The van der Waals surface area contributed by atoms with Crippen molar-refractivity contribution in [3.63, 3.8) is 0 Å². The molecule has 0 spiro atoms. The Morgan fingerprint density at radius 1 is 1.10 bits per heavy atom. The fourth-order valence-corrected chi connectivity index (χ4v) is 3.73. The Bertz CT molecular complexity index is 1460. The molecule has 3 rings (SSSR count). The van der Waals surface area contributed by atoms with E-state index < -0.39 is 17.6 Å². The third-order valence-corrected chi connectivity index (χ3v) is 5.94. The number of nitrogens with zero attached hydrogens (tertiary/aromatic N) is 5. The molecule has 0 saturated carbocycles. The summed E-state index contributed by atoms with van der Waals surface area (Å²) in [6, 6.07) is 7.59. The fourth-order valence-electron chi connectivity index (χ4n) is 3.73. The average molecular weight is 587 g/mol. The molecule has 42 heavy (non-hydrogen) atoms. The predicted octanol–water partition coefficient (Wildman–Crippen LogP) is 4.36. The van der Waals surface area contributed by atoms with E-state index in [0.717, 1.165) is 25.8 Å². The van der Waals surface area contributed by atoms with Crippen molar-refractivity contribution in [3.8, 4) is 11.5 Å². The number of carbonyl (C=O) groups excluding carboxylic acids is 1. The van der Waals surface area contributed by atoms with E-state index >= 15 is 0 Å². The number of ether oxygens (including phenoxy) is 2. The van der Waals surface area contributed by atoms with Gasteiger partial charge in [-0.25, -0.2) is 15.0 Å². The van der Waals surface area contributed by atoms with Crippen molar-refractivity contribution in [3.05, 3.63) is 72.2 Å². The standard InChI is InChI=1S/C28H33F3N8O3/c1-7-33-21-16-34-27(39(4)13-12-38(2)3)37-24(21)25(32)36-20-14-17(8-10-23(20)42-6)26(40)35-18-9-11-22(41-5)19(15-18)28(29,30)31/h7-11,14-16,33H,1,12-13H2,2-6H3,(H2,32,36)(H,35,40). The lowest BCUT2D eigenvalue weighted by Gasteiger charge is -2.20. The second kappa shape index (κ2) is 13.7. The first-order valence-corrected chi connectivity index (χ1v) is 12.6. The van der Waals surface area contributed by atoms with Gasteiger partial charge in [0, 0.05) is 31.4 Å². The van der Waals surface area contributed by atoms with Crippen LogP contribution in [0.1, 0.15) is 21.6 Å². The lowest BCUT2D eigenvalue weighted by Crippen LogP contribution is -2.30. The van der Waals surface area contributed by atoms with Crippen LogP contribution in [0, 0.1) is 0 Å². The number of methoxy groups -OCH3 is 2. The van der Waals surface area contributed by atoms with Crippen LogP contribution in [0.3, 0.4) is 0 Å². The number of halogens is 3. The number of anilines is 3. The summed E-state index contributed by atoms with van der Waals surface area (Å²) >= 11 is 0. The number of carbonyl (C=O) groups is 1.